The van der Waals surface area contributed by atoms with Crippen LogP contribution in [0.15, 0.2) is 29.6 Å². The van der Waals surface area contributed by atoms with Gasteiger partial charge in [-0.05, 0) is 29.0 Å². The molecule has 7 heteroatoms. The number of thioether (sulfide) groups is 1. The molecule has 0 aliphatic rings. The second-order valence-corrected chi connectivity index (χ2v) is 5.06. The van der Waals surface area contributed by atoms with Crippen molar-refractivity contribution in [3.05, 3.63) is 30.1 Å². The predicted molar refractivity (Wildman–Crippen MR) is 69.9 cm³/mol. The summed E-state index contributed by atoms with van der Waals surface area (Å²) < 4.78 is 1.64. The molecule has 0 spiro atoms. The Balaban J connectivity index is 2.24. The quantitative estimate of drug-likeness (QED) is 0.816. The lowest BCUT2D eigenvalue weighted by Crippen LogP contribution is -2.26. The third kappa shape index (κ3) is 2.85. The van der Waals surface area contributed by atoms with E-state index in [2.05, 4.69) is 27.4 Å². The Bertz CT molecular complexity index is 485. The molecule has 96 valence electrons. The van der Waals surface area contributed by atoms with E-state index in [4.69, 9.17) is 5.73 Å². The lowest BCUT2D eigenvalue weighted by molar-refractivity contribution is 0.616. The van der Waals surface area contributed by atoms with Crippen molar-refractivity contribution in [1.82, 2.24) is 25.2 Å². The summed E-state index contributed by atoms with van der Waals surface area (Å²) in [6.07, 6.45) is 2.65. The van der Waals surface area contributed by atoms with Gasteiger partial charge in [-0.3, -0.25) is 4.98 Å². The molecule has 0 fully saturated rings. The van der Waals surface area contributed by atoms with Crippen LogP contribution in [-0.4, -0.2) is 31.2 Å². The summed E-state index contributed by atoms with van der Waals surface area (Å²) in [7, 11) is 1.81. The average Bonchev–Trinajstić information content (AvgIpc) is 2.81. The van der Waals surface area contributed by atoms with Crippen LogP contribution in [-0.2, 0) is 7.05 Å². The Labute approximate surface area is 110 Å². The number of hydrogen-bond donors (Lipinski definition) is 1. The molecular formula is C11H16N6S. The molecule has 2 aromatic heterocycles. The standard InChI is InChI=1S/C11H16N6S/c1-3-8(12)10(9-6-4-5-7-13-9)18-11-14-15-16-17(11)2/h4-8,10H,3,12H2,1-2H3. The van der Waals surface area contributed by atoms with Crippen molar-refractivity contribution in [2.24, 2.45) is 12.8 Å². The SMILES string of the molecule is CCC(N)C(Sc1nnnn1C)c1ccccn1. The number of tetrazole rings is 1. The summed E-state index contributed by atoms with van der Waals surface area (Å²) in [5, 5.41) is 12.2. The minimum Gasteiger partial charge on any atom is -0.326 e. The molecule has 2 rings (SSSR count). The molecule has 0 amide bonds. The topological polar surface area (TPSA) is 82.5 Å². The predicted octanol–water partition coefficient (Wildman–Crippen LogP) is 1.18. The number of nitrogens with two attached hydrogens (primary N) is 1. The molecule has 2 atom stereocenters. The van der Waals surface area contributed by atoms with E-state index in [9.17, 15) is 0 Å². The van der Waals surface area contributed by atoms with Crippen LogP contribution < -0.4 is 5.73 Å². The van der Waals surface area contributed by atoms with Crippen molar-refractivity contribution < 1.29 is 0 Å². The van der Waals surface area contributed by atoms with Crippen LogP contribution in [0.25, 0.3) is 0 Å². The van der Waals surface area contributed by atoms with Gasteiger partial charge in [-0.25, -0.2) is 4.68 Å². The summed E-state index contributed by atoms with van der Waals surface area (Å²) in [5.74, 6) is 0. The highest BCUT2D eigenvalue weighted by atomic mass is 32.2. The maximum Gasteiger partial charge on any atom is 0.209 e. The highest BCUT2D eigenvalue weighted by Gasteiger charge is 2.23. The first-order valence-electron chi connectivity index (χ1n) is 5.78. The monoisotopic (exact) mass is 264 g/mol. The maximum atomic E-state index is 6.18. The van der Waals surface area contributed by atoms with E-state index in [0.29, 0.717) is 0 Å². The van der Waals surface area contributed by atoms with Gasteiger partial charge in [0.25, 0.3) is 0 Å². The first kappa shape index (κ1) is 13.0. The van der Waals surface area contributed by atoms with Crippen LogP contribution >= 0.6 is 11.8 Å². The zero-order chi connectivity index (χ0) is 13.0. The third-order valence-corrected chi connectivity index (χ3v) is 4.05. The van der Waals surface area contributed by atoms with Gasteiger partial charge in [0.05, 0.1) is 10.9 Å². The van der Waals surface area contributed by atoms with Gasteiger partial charge in [0, 0.05) is 19.3 Å². The summed E-state index contributed by atoms with van der Waals surface area (Å²) >= 11 is 1.55. The normalized spacial score (nSPS) is 14.4. The van der Waals surface area contributed by atoms with E-state index < -0.39 is 0 Å². The molecule has 2 N–H and O–H groups in total. The van der Waals surface area contributed by atoms with E-state index in [1.165, 1.54) is 0 Å². The van der Waals surface area contributed by atoms with Crippen LogP contribution in [0.2, 0.25) is 0 Å². The average molecular weight is 264 g/mol. The van der Waals surface area contributed by atoms with E-state index in [0.717, 1.165) is 17.3 Å². The second-order valence-electron chi connectivity index (χ2n) is 3.95. The van der Waals surface area contributed by atoms with Crippen molar-refractivity contribution in [3.8, 4) is 0 Å². The Morgan fingerprint density at radius 1 is 1.44 bits per heavy atom. The van der Waals surface area contributed by atoms with Crippen molar-refractivity contribution in [1.29, 1.82) is 0 Å². The molecule has 2 unspecified atom stereocenters. The molecule has 0 saturated heterocycles. The Kier molecular flexibility index (Phi) is 4.27. The molecule has 6 nitrogen and oxygen atoms in total. The zero-order valence-electron chi connectivity index (χ0n) is 10.4. The fourth-order valence-electron chi connectivity index (χ4n) is 1.56. The molecule has 0 bridgehead atoms. The molecular weight excluding hydrogens is 248 g/mol. The fourth-order valence-corrected chi connectivity index (χ4v) is 2.69. The van der Waals surface area contributed by atoms with Gasteiger partial charge < -0.3 is 5.73 Å². The van der Waals surface area contributed by atoms with Crippen molar-refractivity contribution in [2.75, 3.05) is 0 Å². The molecule has 2 aromatic rings. The molecule has 18 heavy (non-hydrogen) atoms. The van der Waals surface area contributed by atoms with Crippen molar-refractivity contribution >= 4 is 11.8 Å². The Hall–Kier alpha value is -1.47. The maximum absolute atomic E-state index is 6.18. The van der Waals surface area contributed by atoms with E-state index in [-0.39, 0.29) is 11.3 Å². The van der Waals surface area contributed by atoms with Crippen LogP contribution in [0, 0.1) is 0 Å². The minimum absolute atomic E-state index is 0.0154. The second kappa shape index (κ2) is 5.92. The van der Waals surface area contributed by atoms with Crippen molar-refractivity contribution in [2.45, 2.75) is 29.8 Å². The minimum atomic E-state index is 0.0154. The summed E-state index contributed by atoms with van der Waals surface area (Å²) in [4.78, 5) is 4.38. The Morgan fingerprint density at radius 3 is 2.83 bits per heavy atom. The number of hydrogen-bond acceptors (Lipinski definition) is 6. The van der Waals surface area contributed by atoms with Gasteiger partial charge in [0.1, 0.15) is 0 Å². The smallest absolute Gasteiger partial charge is 0.209 e. The van der Waals surface area contributed by atoms with Gasteiger partial charge in [-0.15, -0.1) is 5.10 Å². The lowest BCUT2D eigenvalue weighted by Gasteiger charge is -2.20. The van der Waals surface area contributed by atoms with E-state index >= 15 is 0 Å². The van der Waals surface area contributed by atoms with E-state index in [1.54, 1.807) is 22.6 Å². The van der Waals surface area contributed by atoms with Gasteiger partial charge >= 0.3 is 0 Å². The number of pyridine rings is 1. The van der Waals surface area contributed by atoms with Gasteiger partial charge in [0.2, 0.25) is 5.16 Å². The first-order chi connectivity index (χ1) is 8.72. The summed E-state index contributed by atoms with van der Waals surface area (Å²) in [6, 6.07) is 5.86. The van der Waals surface area contributed by atoms with Crippen LogP contribution in [0.3, 0.4) is 0 Å². The van der Waals surface area contributed by atoms with Gasteiger partial charge in [0.15, 0.2) is 0 Å². The van der Waals surface area contributed by atoms with Crippen LogP contribution in [0.5, 0.6) is 0 Å². The molecule has 0 aliphatic carbocycles. The van der Waals surface area contributed by atoms with Crippen LogP contribution in [0.4, 0.5) is 0 Å². The number of aryl methyl sites for hydroxylation is 1. The number of nitrogens with zero attached hydrogens (tertiary/aromatic N) is 5. The largest absolute Gasteiger partial charge is 0.326 e. The molecule has 0 aliphatic heterocycles. The highest BCUT2D eigenvalue weighted by molar-refractivity contribution is 7.99. The summed E-state index contributed by atoms with van der Waals surface area (Å²) in [5.41, 5.74) is 7.14. The third-order valence-electron chi connectivity index (χ3n) is 2.65. The summed E-state index contributed by atoms with van der Waals surface area (Å²) in [6.45, 7) is 2.07. The number of aromatic nitrogens is 5. The molecule has 0 radical (unpaired) electrons. The fraction of sp³-hybridized carbons (Fsp3) is 0.455. The van der Waals surface area contributed by atoms with Crippen molar-refractivity contribution in [3.63, 3.8) is 0 Å². The first-order valence-corrected chi connectivity index (χ1v) is 6.66. The van der Waals surface area contributed by atoms with Gasteiger partial charge in [-0.2, -0.15) is 0 Å². The Morgan fingerprint density at radius 2 is 2.28 bits per heavy atom. The zero-order valence-corrected chi connectivity index (χ0v) is 11.2. The highest BCUT2D eigenvalue weighted by Crippen LogP contribution is 2.35. The van der Waals surface area contributed by atoms with E-state index in [1.807, 2.05) is 25.2 Å². The molecule has 0 aromatic carbocycles. The number of rotatable bonds is 5. The molecule has 0 saturated carbocycles. The van der Waals surface area contributed by atoms with Crippen LogP contribution in [0.1, 0.15) is 24.3 Å². The lowest BCUT2D eigenvalue weighted by atomic mass is 10.1. The van der Waals surface area contributed by atoms with Gasteiger partial charge in [-0.1, -0.05) is 24.8 Å². The molecule has 2 heterocycles.